The molecule has 0 aliphatic heterocycles. The maximum Gasteiger partial charge on any atom is 0.335 e. The number of aromatic hydroxyl groups is 1. The number of aromatic carboxylic acids is 1. The van der Waals surface area contributed by atoms with Gasteiger partial charge < -0.3 is 15.5 Å². The molecule has 0 saturated heterocycles. The number of amides is 1. The van der Waals surface area contributed by atoms with E-state index in [2.05, 4.69) is 31.4 Å². The summed E-state index contributed by atoms with van der Waals surface area (Å²) >= 11 is 4.59. The summed E-state index contributed by atoms with van der Waals surface area (Å²) in [7, 11) is 0. The minimum Gasteiger partial charge on any atom is -0.507 e. The molecule has 0 unspecified atom stereocenters. The Labute approximate surface area is 201 Å². The second-order valence-corrected chi connectivity index (χ2v) is 8.72. The number of thioether (sulfide) groups is 1. The molecule has 8 nitrogen and oxygen atoms in total. The molecule has 0 spiro atoms. The molecular formula is C23H17BrN4O4S. The smallest absolute Gasteiger partial charge is 0.335 e. The van der Waals surface area contributed by atoms with E-state index in [-0.39, 0.29) is 23.0 Å². The molecule has 0 saturated carbocycles. The van der Waals surface area contributed by atoms with Crippen LogP contribution in [0.1, 0.15) is 10.4 Å². The average molecular weight is 525 g/mol. The zero-order valence-corrected chi connectivity index (χ0v) is 19.4. The molecule has 10 heteroatoms. The second-order valence-electron chi connectivity index (χ2n) is 6.86. The molecule has 0 aliphatic rings. The average Bonchev–Trinajstić information content (AvgIpc) is 3.24. The fraction of sp³-hybridized carbons (Fsp3) is 0.0435. The molecule has 1 amide bonds. The van der Waals surface area contributed by atoms with Gasteiger partial charge in [-0.1, -0.05) is 52.0 Å². The Morgan fingerprint density at radius 2 is 1.79 bits per heavy atom. The van der Waals surface area contributed by atoms with Crippen molar-refractivity contribution in [2.24, 2.45) is 0 Å². The maximum absolute atomic E-state index is 12.5. The van der Waals surface area contributed by atoms with Crippen molar-refractivity contribution in [3.05, 3.63) is 82.8 Å². The molecular weight excluding hydrogens is 508 g/mol. The third kappa shape index (κ3) is 5.24. The quantitative estimate of drug-likeness (QED) is 0.296. The number of phenols is 1. The number of carbonyl (C=O) groups excluding carboxylic acids is 1. The Kier molecular flexibility index (Phi) is 6.76. The van der Waals surface area contributed by atoms with Crippen molar-refractivity contribution in [1.29, 1.82) is 0 Å². The van der Waals surface area contributed by atoms with Crippen LogP contribution in [-0.4, -0.2) is 42.6 Å². The molecule has 3 aromatic carbocycles. The van der Waals surface area contributed by atoms with Crippen LogP contribution in [0.15, 0.2) is 82.4 Å². The molecule has 1 aromatic heterocycles. The van der Waals surface area contributed by atoms with Gasteiger partial charge in [0.05, 0.1) is 16.9 Å². The van der Waals surface area contributed by atoms with Crippen molar-refractivity contribution in [2.75, 3.05) is 11.1 Å². The summed E-state index contributed by atoms with van der Waals surface area (Å²) in [4.78, 5) is 23.6. The Hall–Kier alpha value is -3.63. The predicted molar refractivity (Wildman–Crippen MR) is 129 cm³/mol. The van der Waals surface area contributed by atoms with Crippen LogP contribution < -0.4 is 5.32 Å². The zero-order valence-electron chi connectivity index (χ0n) is 17.0. The molecule has 0 atom stereocenters. The molecule has 0 radical (unpaired) electrons. The Morgan fingerprint density at radius 3 is 2.55 bits per heavy atom. The highest BCUT2D eigenvalue weighted by molar-refractivity contribution is 9.10. The highest BCUT2D eigenvalue weighted by Crippen LogP contribution is 2.34. The standard InChI is InChI=1S/C23H17BrN4O4S/c24-15-9-10-19(29)18(12-15)21-26-27-23(28(21)17-7-2-1-3-8-17)33-13-20(30)25-16-6-4-5-14(11-16)22(31)32/h1-12,29H,13H2,(H,25,30)(H,31,32). The van der Waals surface area contributed by atoms with Crippen LogP contribution in [0.5, 0.6) is 5.75 Å². The fourth-order valence-electron chi connectivity index (χ4n) is 3.09. The van der Waals surface area contributed by atoms with Gasteiger partial charge in [-0.2, -0.15) is 0 Å². The van der Waals surface area contributed by atoms with Crippen molar-refractivity contribution in [1.82, 2.24) is 14.8 Å². The van der Waals surface area contributed by atoms with E-state index in [0.717, 1.165) is 10.2 Å². The van der Waals surface area contributed by atoms with Crippen LogP contribution in [0, 0.1) is 0 Å². The van der Waals surface area contributed by atoms with Gasteiger partial charge in [0, 0.05) is 15.8 Å². The number of anilines is 1. The van der Waals surface area contributed by atoms with E-state index in [1.165, 1.54) is 23.9 Å². The first-order chi connectivity index (χ1) is 15.9. The number of halogens is 1. The number of nitrogens with zero attached hydrogens (tertiary/aromatic N) is 3. The predicted octanol–water partition coefficient (Wildman–Crippen LogP) is 4.83. The number of para-hydroxylation sites is 1. The van der Waals surface area contributed by atoms with Crippen molar-refractivity contribution in [3.63, 3.8) is 0 Å². The zero-order chi connectivity index (χ0) is 23.4. The van der Waals surface area contributed by atoms with E-state index in [0.29, 0.717) is 22.2 Å². The summed E-state index contributed by atoms with van der Waals surface area (Å²) in [6, 6.07) is 20.4. The summed E-state index contributed by atoms with van der Waals surface area (Å²) in [6.07, 6.45) is 0. The summed E-state index contributed by atoms with van der Waals surface area (Å²) in [5.41, 5.74) is 1.74. The minimum atomic E-state index is -1.07. The van der Waals surface area contributed by atoms with Gasteiger partial charge in [0.15, 0.2) is 11.0 Å². The molecule has 4 aromatic rings. The highest BCUT2D eigenvalue weighted by atomic mass is 79.9. The number of benzene rings is 3. The number of hydrogen-bond donors (Lipinski definition) is 3. The number of carboxylic acids is 1. The van der Waals surface area contributed by atoms with Crippen LogP contribution in [-0.2, 0) is 4.79 Å². The monoisotopic (exact) mass is 524 g/mol. The second kappa shape index (κ2) is 9.88. The van der Waals surface area contributed by atoms with Gasteiger partial charge in [-0.05, 0) is 48.5 Å². The first-order valence-corrected chi connectivity index (χ1v) is 11.5. The number of carbonyl (C=O) groups is 2. The maximum atomic E-state index is 12.5. The number of hydrogen-bond acceptors (Lipinski definition) is 6. The first kappa shape index (κ1) is 22.6. The summed E-state index contributed by atoms with van der Waals surface area (Å²) in [6.45, 7) is 0. The van der Waals surface area contributed by atoms with Gasteiger partial charge in [-0.15, -0.1) is 10.2 Å². The van der Waals surface area contributed by atoms with E-state index < -0.39 is 5.97 Å². The number of phenolic OH excluding ortho intramolecular Hbond substituents is 1. The molecule has 4 rings (SSSR count). The van der Waals surface area contributed by atoms with Crippen molar-refractivity contribution >= 4 is 45.3 Å². The van der Waals surface area contributed by atoms with E-state index >= 15 is 0 Å². The van der Waals surface area contributed by atoms with Gasteiger partial charge in [0.2, 0.25) is 5.91 Å². The van der Waals surface area contributed by atoms with Crippen molar-refractivity contribution in [2.45, 2.75) is 5.16 Å². The Balaban J connectivity index is 1.60. The highest BCUT2D eigenvalue weighted by Gasteiger charge is 2.20. The van der Waals surface area contributed by atoms with Crippen LogP contribution in [0.2, 0.25) is 0 Å². The molecule has 0 bridgehead atoms. The van der Waals surface area contributed by atoms with Gasteiger partial charge in [0.1, 0.15) is 5.75 Å². The largest absolute Gasteiger partial charge is 0.507 e. The van der Waals surface area contributed by atoms with Gasteiger partial charge in [0.25, 0.3) is 0 Å². The lowest BCUT2D eigenvalue weighted by molar-refractivity contribution is -0.113. The lowest BCUT2D eigenvalue weighted by atomic mass is 10.2. The van der Waals surface area contributed by atoms with E-state index in [9.17, 15) is 14.7 Å². The van der Waals surface area contributed by atoms with Crippen LogP contribution in [0.4, 0.5) is 5.69 Å². The van der Waals surface area contributed by atoms with Crippen molar-refractivity contribution < 1.29 is 19.8 Å². The third-order valence-corrected chi connectivity index (χ3v) is 6.00. The molecule has 0 fully saturated rings. The molecule has 0 aliphatic carbocycles. The SMILES string of the molecule is O=C(CSc1nnc(-c2cc(Br)ccc2O)n1-c1ccccc1)Nc1cccc(C(=O)O)c1. The van der Waals surface area contributed by atoms with Crippen molar-refractivity contribution in [3.8, 4) is 22.8 Å². The molecule has 166 valence electrons. The van der Waals surface area contributed by atoms with Gasteiger partial charge >= 0.3 is 5.97 Å². The number of nitrogens with one attached hydrogen (secondary N) is 1. The minimum absolute atomic E-state index is 0.0206. The topological polar surface area (TPSA) is 117 Å². The number of aromatic nitrogens is 3. The van der Waals surface area contributed by atoms with E-state index in [4.69, 9.17) is 5.11 Å². The summed E-state index contributed by atoms with van der Waals surface area (Å²) in [5.74, 6) is -0.892. The molecule has 3 N–H and O–H groups in total. The fourth-order valence-corrected chi connectivity index (χ4v) is 4.21. The first-order valence-electron chi connectivity index (χ1n) is 9.68. The Morgan fingerprint density at radius 1 is 1.00 bits per heavy atom. The van der Waals surface area contributed by atoms with Gasteiger partial charge in [-0.25, -0.2) is 4.79 Å². The molecule has 1 heterocycles. The lowest BCUT2D eigenvalue weighted by Crippen LogP contribution is -2.15. The van der Waals surface area contributed by atoms with E-state index in [1.807, 2.05) is 30.3 Å². The third-order valence-electron chi connectivity index (χ3n) is 4.57. The molecule has 33 heavy (non-hydrogen) atoms. The lowest BCUT2D eigenvalue weighted by Gasteiger charge is -2.11. The van der Waals surface area contributed by atoms with Crippen LogP contribution in [0.25, 0.3) is 17.1 Å². The number of carboxylic acid groups (broad SMARTS) is 1. The summed E-state index contributed by atoms with van der Waals surface area (Å²) < 4.78 is 2.54. The normalized spacial score (nSPS) is 10.7. The van der Waals surface area contributed by atoms with Gasteiger partial charge in [-0.3, -0.25) is 9.36 Å². The van der Waals surface area contributed by atoms with Crippen LogP contribution in [0.3, 0.4) is 0 Å². The summed E-state index contributed by atoms with van der Waals surface area (Å²) in [5, 5.41) is 31.2. The number of rotatable bonds is 7. The van der Waals surface area contributed by atoms with Crippen LogP contribution >= 0.6 is 27.7 Å². The van der Waals surface area contributed by atoms with E-state index in [1.54, 1.807) is 34.9 Å². The Bertz CT molecular complexity index is 1330.